The average molecular weight is 238 g/mol. The van der Waals surface area contributed by atoms with Crippen molar-refractivity contribution in [3.05, 3.63) is 18.0 Å². The van der Waals surface area contributed by atoms with Gasteiger partial charge in [0.15, 0.2) is 0 Å². The van der Waals surface area contributed by atoms with Crippen LogP contribution < -0.4 is 5.73 Å². The molecule has 0 aromatic carbocycles. The lowest BCUT2D eigenvalue weighted by Crippen LogP contribution is -2.49. The minimum Gasteiger partial charge on any atom is -0.374 e. The number of likely N-dealkylation sites (N-methyl/N-ethyl adjacent to an activating group) is 1. The monoisotopic (exact) mass is 238 g/mol. The quantitative estimate of drug-likeness (QED) is 0.803. The van der Waals surface area contributed by atoms with Crippen LogP contribution in [0.2, 0.25) is 0 Å². The van der Waals surface area contributed by atoms with Crippen LogP contribution in [0.25, 0.3) is 0 Å². The number of ether oxygens (including phenoxy) is 1. The Balaban J connectivity index is 1.78. The molecule has 1 aromatic heterocycles. The van der Waals surface area contributed by atoms with E-state index in [0.29, 0.717) is 0 Å². The minimum atomic E-state index is 0.109. The number of nitrogens with two attached hydrogens (primary N) is 1. The molecule has 2 atom stereocenters. The number of nitrogens with zero attached hydrogens (tertiary/aromatic N) is 3. The summed E-state index contributed by atoms with van der Waals surface area (Å²) in [5.74, 6) is 0. The Kier molecular flexibility index (Phi) is 4.15. The second-order valence-corrected chi connectivity index (χ2v) is 4.90. The van der Waals surface area contributed by atoms with Crippen molar-refractivity contribution in [3.63, 3.8) is 0 Å². The molecule has 0 saturated carbocycles. The van der Waals surface area contributed by atoms with E-state index in [0.717, 1.165) is 32.5 Å². The number of hydrogen-bond acceptors (Lipinski definition) is 4. The second kappa shape index (κ2) is 5.62. The fourth-order valence-electron chi connectivity index (χ4n) is 2.19. The average Bonchev–Trinajstić information content (AvgIpc) is 2.72. The van der Waals surface area contributed by atoms with Crippen molar-refractivity contribution in [2.75, 3.05) is 26.7 Å². The van der Waals surface area contributed by atoms with Crippen LogP contribution in [0.1, 0.15) is 12.0 Å². The predicted octanol–water partition coefficient (Wildman–Crippen LogP) is 0.0106. The zero-order valence-electron chi connectivity index (χ0n) is 10.7. The number of morpholine rings is 1. The van der Waals surface area contributed by atoms with Gasteiger partial charge >= 0.3 is 0 Å². The molecule has 1 aromatic rings. The van der Waals surface area contributed by atoms with Crippen LogP contribution in [-0.4, -0.2) is 53.6 Å². The standard InChI is InChI=1S/C12H22N4O/c1-15-5-6-17-12(9-15)11(13)4-3-10-7-14-16(2)8-10/h7-8,11-12H,3-6,9,13H2,1-2H3. The van der Waals surface area contributed by atoms with Gasteiger partial charge in [-0.3, -0.25) is 4.68 Å². The van der Waals surface area contributed by atoms with Crippen LogP contribution in [0.5, 0.6) is 0 Å². The van der Waals surface area contributed by atoms with Gasteiger partial charge in [0.05, 0.1) is 18.9 Å². The van der Waals surface area contributed by atoms with E-state index in [1.165, 1.54) is 5.56 Å². The molecule has 5 heteroatoms. The van der Waals surface area contributed by atoms with Crippen LogP contribution in [0, 0.1) is 0 Å². The highest BCUT2D eigenvalue weighted by Gasteiger charge is 2.23. The van der Waals surface area contributed by atoms with Gasteiger partial charge < -0.3 is 15.4 Å². The maximum atomic E-state index is 6.19. The molecule has 1 aliphatic rings. The Labute approximate surface area is 103 Å². The van der Waals surface area contributed by atoms with E-state index in [9.17, 15) is 0 Å². The third-order valence-electron chi connectivity index (χ3n) is 3.30. The van der Waals surface area contributed by atoms with E-state index in [2.05, 4.69) is 17.0 Å². The van der Waals surface area contributed by atoms with E-state index in [4.69, 9.17) is 10.5 Å². The van der Waals surface area contributed by atoms with Gasteiger partial charge in [-0.1, -0.05) is 0 Å². The third kappa shape index (κ3) is 3.52. The van der Waals surface area contributed by atoms with Gasteiger partial charge in [0.1, 0.15) is 0 Å². The van der Waals surface area contributed by atoms with Crippen molar-refractivity contribution in [2.45, 2.75) is 25.0 Å². The first-order valence-corrected chi connectivity index (χ1v) is 6.18. The Morgan fingerprint density at radius 1 is 1.59 bits per heavy atom. The lowest BCUT2D eigenvalue weighted by atomic mass is 10.0. The van der Waals surface area contributed by atoms with E-state index in [-0.39, 0.29) is 12.1 Å². The zero-order chi connectivity index (χ0) is 12.3. The van der Waals surface area contributed by atoms with Crippen LogP contribution in [-0.2, 0) is 18.2 Å². The molecule has 2 heterocycles. The summed E-state index contributed by atoms with van der Waals surface area (Å²) in [4.78, 5) is 2.28. The first-order valence-electron chi connectivity index (χ1n) is 6.18. The SMILES string of the molecule is CN1CCOC(C(N)CCc2cnn(C)c2)C1. The third-order valence-corrected chi connectivity index (χ3v) is 3.30. The highest BCUT2D eigenvalue weighted by atomic mass is 16.5. The molecule has 0 radical (unpaired) electrons. The molecule has 5 nitrogen and oxygen atoms in total. The van der Waals surface area contributed by atoms with E-state index >= 15 is 0 Å². The van der Waals surface area contributed by atoms with E-state index in [1.54, 1.807) is 0 Å². The van der Waals surface area contributed by atoms with Crippen LogP contribution in [0.15, 0.2) is 12.4 Å². The molecule has 1 aliphatic heterocycles. The summed E-state index contributed by atoms with van der Waals surface area (Å²) in [6, 6.07) is 0.109. The predicted molar refractivity (Wildman–Crippen MR) is 66.7 cm³/mol. The summed E-state index contributed by atoms with van der Waals surface area (Å²) in [5, 5.41) is 4.16. The highest BCUT2D eigenvalue weighted by molar-refractivity contribution is 5.04. The van der Waals surface area contributed by atoms with E-state index in [1.807, 2.05) is 24.1 Å². The Morgan fingerprint density at radius 2 is 2.41 bits per heavy atom. The number of aryl methyl sites for hydroxylation is 2. The van der Waals surface area contributed by atoms with Crippen LogP contribution >= 0.6 is 0 Å². The lowest BCUT2D eigenvalue weighted by molar-refractivity contribution is -0.0331. The number of aromatic nitrogens is 2. The molecule has 17 heavy (non-hydrogen) atoms. The largest absolute Gasteiger partial charge is 0.374 e. The number of hydrogen-bond donors (Lipinski definition) is 1. The van der Waals surface area contributed by atoms with Gasteiger partial charge in [-0.15, -0.1) is 0 Å². The van der Waals surface area contributed by atoms with Gasteiger partial charge in [0.2, 0.25) is 0 Å². The summed E-state index contributed by atoms with van der Waals surface area (Å²) in [6.45, 7) is 2.74. The summed E-state index contributed by atoms with van der Waals surface area (Å²) >= 11 is 0. The Morgan fingerprint density at radius 3 is 3.06 bits per heavy atom. The zero-order valence-corrected chi connectivity index (χ0v) is 10.7. The van der Waals surface area contributed by atoms with Crippen molar-refractivity contribution in [1.82, 2.24) is 14.7 Å². The Bertz CT molecular complexity index is 352. The van der Waals surface area contributed by atoms with Crippen molar-refractivity contribution < 1.29 is 4.74 Å². The van der Waals surface area contributed by atoms with Crippen molar-refractivity contribution in [2.24, 2.45) is 12.8 Å². The minimum absolute atomic E-state index is 0.109. The lowest BCUT2D eigenvalue weighted by Gasteiger charge is -2.33. The molecule has 0 aliphatic carbocycles. The van der Waals surface area contributed by atoms with Crippen LogP contribution in [0.3, 0.4) is 0 Å². The van der Waals surface area contributed by atoms with Crippen molar-refractivity contribution in [1.29, 1.82) is 0 Å². The van der Waals surface area contributed by atoms with Crippen molar-refractivity contribution in [3.8, 4) is 0 Å². The molecular weight excluding hydrogens is 216 g/mol. The molecule has 0 spiro atoms. The van der Waals surface area contributed by atoms with Crippen LogP contribution in [0.4, 0.5) is 0 Å². The normalized spacial score (nSPS) is 23.8. The summed E-state index contributed by atoms with van der Waals surface area (Å²) in [6.07, 6.45) is 6.04. The molecule has 0 amide bonds. The Hall–Kier alpha value is -0.910. The fraction of sp³-hybridized carbons (Fsp3) is 0.750. The van der Waals surface area contributed by atoms with Crippen molar-refractivity contribution >= 4 is 0 Å². The molecule has 0 bridgehead atoms. The molecule has 2 unspecified atom stereocenters. The summed E-state index contributed by atoms with van der Waals surface area (Å²) < 4.78 is 7.54. The summed E-state index contributed by atoms with van der Waals surface area (Å²) in [5.41, 5.74) is 7.43. The number of rotatable bonds is 4. The van der Waals surface area contributed by atoms with Gasteiger partial charge in [-0.25, -0.2) is 0 Å². The smallest absolute Gasteiger partial charge is 0.0853 e. The van der Waals surface area contributed by atoms with Gasteiger partial charge in [-0.2, -0.15) is 5.10 Å². The summed E-state index contributed by atoms with van der Waals surface area (Å²) in [7, 11) is 4.05. The molecule has 96 valence electrons. The van der Waals surface area contributed by atoms with Gasteiger partial charge in [-0.05, 0) is 25.5 Å². The first-order chi connectivity index (χ1) is 8.15. The molecular formula is C12H22N4O. The first kappa shape index (κ1) is 12.5. The fourth-order valence-corrected chi connectivity index (χ4v) is 2.19. The molecule has 1 saturated heterocycles. The van der Waals surface area contributed by atoms with E-state index < -0.39 is 0 Å². The molecule has 2 rings (SSSR count). The second-order valence-electron chi connectivity index (χ2n) is 4.90. The topological polar surface area (TPSA) is 56.3 Å². The maximum absolute atomic E-state index is 6.19. The van der Waals surface area contributed by atoms with Gasteiger partial charge in [0, 0.05) is 32.4 Å². The van der Waals surface area contributed by atoms with Gasteiger partial charge in [0.25, 0.3) is 0 Å². The maximum Gasteiger partial charge on any atom is 0.0853 e. The highest BCUT2D eigenvalue weighted by Crippen LogP contribution is 2.11. The molecule has 2 N–H and O–H groups in total. The molecule has 1 fully saturated rings.